The smallest absolute Gasteiger partial charge is 0.236 e. The fraction of sp³-hybridized carbons (Fsp3) is 0.143. The largest absolute Gasteiger partial charge is 0.496 e. The lowest BCUT2D eigenvalue weighted by Crippen LogP contribution is -1.97. The van der Waals surface area contributed by atoms with E-state index in [1.54, 1.807) is 7.11 Å². The summed E-state index contributed by atoms with van der Waals surface area (Å²) in [6.07, 6.45) is 3.84. The predicted octanol–water partition coefficient (Wildman–Crippen LogP) is 2.30. The summed E-state index contributed by atoms with van der Waals surface area (Å²) >= 11 is 0. The molecule has 0 atom stereocenters. The van der Waals surface area contributed by atoms with E-state index in [1.807, 2.05) is 48.0 Å². The molecular formula is C14H14N4O. The molecule has 0 saturated carbocycles. The number of rotatable bonds is 2. The molecule has 96 valence electrons. The maximum Gasteiger partial charge on any atom is 0.236 e. The van der Waals surface area contributed by atoms with Crippen molar-refractivity contribution in [3.05, 3.63) is 42.2 Å². The van der Waals surface area contributed by atoms with Gasteiger partial charge in [0.2, 0.25) is 5.78 Å². The lowest BCUT2D eigenvalue weighted by atomic mass is 10.1. The second kappa shape index (κ2) is 4.28. The standard InChI is InChI=1S/C14H14N4O/c1-9-7-18-8-11(16-14(18)17-13(9)15)10-5-3-4-6-12(10)19-2/h3-8H,1-2H3,(H2,15,16,17). The van der Waals surface area contributed by atoms with Crippen molar-refractivity contribution in [3.63, 3.8) is 0 Å². The molecule has 0 amide bonds. The van der Waals surface area contributed by atoms with Crippen LogP contribution in [-0.4, -0.2) is 21.5 Å². The first-order valence-corrected chi connectivity index (χ1v) is 5.94. The number of aryl methyl sites for hydroxylation is 1. The molecule has 0 bridgehead atoms. The zero-order valence-corrected chi connectivity index (χ0v) is 10.8. The van der Waals surface area contributed by atoms with Crippen LogP contribution >= 0.6 is 0 Å². The van der Waals surface area contributed by atoms with Crippen LogP contribution in [0.4, 0.5) is 5.82 Å². The zero-order valence-electron chi connectivity index (χ0n) is 10.8. The molecule has 2 aromatic heterocycles. The summed E-state index contributed by atoms with van der Waals surface area (Å²) in [4.78, 5) is 8.75. The maximum absolute atomic E-state index is 5.80. The van der Waals surface area contributed by atoms with Crippen LogP contribution in [0.1, 0.15) is 5.56 Å². The number of aromatic nitrogens is 3. The predicted molar refractivity (Wildman–Crippen MR) is 74.1 cm³/mol. The molecule has 0 saturated heterocycles. The topological polar surface area (TPSA) is 65.4 Å². The van der Waals surface area contributed by atoms with Crippen LogP contribution in [0.25, 0.3) is 17.0 Å². The van der Waals surface area contributed by atoms with Crippen LogP contribution in [0, 0.1) is 6.92 Å². The van der Waals surface area contributed by atoms with E-state index in [9.17, 15) is 0 Å². The average molecular weight is 254 g/mol. The Balaban J connectivity index is 2.20. The molecule has 5 heteroatoms. The summed E-state index contributed by atoms with van der Waals surface area (Å²) in [6.45, 7) is 1.92. The molecular weight excluding hydrogens is 240 g/mol. The number of imidazole rings is 1. The summed E-state index contributed by atoms with van der Waals surface area (Å²) in [6, 6.07) is 7.76. The van der Waals surface area contributed by atoms with Crippen molar-refractivity contribution in [1.82, 2.24) is 14.4 Å². The highest BCUT2D eigenvalue weighted by Crippen LogP contribution is 2.28. The zero-order chi connectivity index (χ0) is 13.4. The second-order valence-corrected chi connectivity index (χ2v) is 4.34. The van der Waals surface area contributed by atoms with Gasteiger partial charge in [0, 0.05) is 23.5 Å². The van der Waals surface area contributed by atoms with Crippen LogP contribution in [0.2, 0.25) is 0 Å². The fourth-order valence-electron chi connectivity index (χ4n) is 2.02. The van der Waals surface area contributed by atoms with Crippen molar-refractivity contribution in [2.24, 2.45) is 0 Å². The third-order valence-corrected chi connectivity index (χ3v) is 3.05. The van der Waals surface area contributed by atoms with Gasteiger partial charge >= 0.3 is 0 Å². The number of ether oxygens (including phenoxy) is 1. The highest BCUT2D eigenvalue weighted by atomic mass is 16.5. The van der Waals surface area contributed by atoms with Gasteiger partial charge in [0.1, 0.15) is 11.6 Å². The Kier molecular flexibility index (Phi) is 2.59. The molecule has 2 N–H and O–H groups in total. The fourth-order valence-corrected chi connectivity index (χ4v) is 2.02. The van der Waals surface area contributed by atoms with Crippen molar-refractivity contribution < 1.29 is 4.74 Å². The first-order chi connectivity index (χ1) is 9.19. The van der Waals surface area contributed by atoms with E-state index in [1.165, 1.54) is 0 Å². The normalized spacial score (nSPS) is 10.8. The van der Waals surface area contributed by atoms with Gasteiger partial charge in [-0.25, -0.2) is 4.98 Å². The summed E-state index contributed by atoms with van der Waals surface area (Å²) in [7, 11) is 1.65. The number of para-hydroxylation sites is 1. The van der Waals surface area contributed by atoms with Gasteiger partial charge in [-0.2, -0.15) is 4.98 Å². The number of hydrogen-bond donors (Lipinski definition) is 1. The molecule has 0 aliphatic rings. The Morgan fingerprint density at radius 3 is 2.74 bits per heavy atom. The summed E-state index contributed by atoms with van der Waals surface area (Å²) in [5.41, 5.74) is 8.48. The molecule has 1 aromatic carbocycles. The number of fused-ring (bicyclic) bond motifs is 1. The first kappa shape index (κ1) is 11.5. The molecule has 0 fully saturated rings. The third kappa shape index (κ3) is 1.89. The molecule has 0 aliphatic carbocycles. The van der Waals surface area contributed by atoms with Crippen molar-refractivity contribution in [3.8, 4) is 17.0 Å². The van der Waals surface area contributed by atoms with E-state index in [0.29, 0.717) is 11.6 Å². The molecule has 2 heterocycles. The van der Waals surface area contributed by atoms with Gasteiger partial charge in [0.15, 0.2) is 0 Å². The van der Waals surface area contributed by atoms with Crippen LogP contribution < -0.4 is 10.5 Å². The number of nitrogen functional groups attached to an aromatic ring is 1. The van der Waals surface area contributed by atoms with Crippen LogP contribution in [0.15, 0.2) is 36.7 Å². The molecule has 19 heavy (non-hydrogen) atoms. The molecule has 3 rings (SSSR count). The summed E-state index contributed by atoms with van der Waals surface area (Å²) in [5.74, 6) is 1.88. The first-order valence-electron chi connectivity index (χ1n) is 5.94. The maximum atomic E-state index is 5.80. The van der Waals surface area contributed by atoms with Gasteiger partial charge < -0.3 is 10.5 Å². The quantitative estimate of drug-likeness (QED) is 0.762. The van der Waals surface area contributed by atoms with Crippen LogP contribution in [-0.2, 0) is 0 Å². The Hall–Kier alpha value is -2.56. The van der Waals surface area contributed by atoms with Crippen molar-refractivity contribution >= 4 is 11.6 Å². The van der Waals surface area contributed by atoms with Crippen molar-refractivity contribution in [2.45, 2.75) is 6.92 Å². The Labute approximate surface area is 110 Å². The van der Waals surface area contributed by atoms with E-state index >= 15 is 0 Å². The molecule has 0 aliphatic heterocycles. The van der Waals surface area contributed by atoms with Gasteiger partial charge in [-0.1, -0.05) is 12.1 Å². The lowest BCUT2D eigenvalue weighted by Gasteiger charge is -2.04. The van der Waals surface area contributed by atoms with E-state index in [4.69, 9.17) is 10.5 Å². The Morgan fingerprint density at radius 1 is 1.16 bits per heavy atom. The molecule has 3 aromatic rings. The minimum atomic E-state index is 0.504. The molecule has 0 unspecified atom stereocenters. The Bertz CT molecular complexity index is 709. The van der Waals surface area contributed by atoms with Crippen molar-refractivity contribution in [1.29, 1.82) is 0 Å². The number of anilines is 1. The highest BCUT2D eigenvalue weighted by molar-refractivity contribution is 5.68. The average Bonchev–Trinajstić information content (AvgIpc) is 2.82. The second-order valence-electron chi connectivity index (χ2n) is 4.34. The SMILES string of the molecule is COc1ccccc1-c1cn2cc(C)c(N)nc2n1. The summed E-state index contributed by atoms with van der Waals surface area (Å²) < 4.78 is 7.22. The summed E-state index contributed by atoms with van der Waals surface area (Å²) in [5, 5.41) is 0. The number of methoxy groups -OCH3 is 1. The van der Waals surface area contributed by atoms with Gasteiger partial charge in [-0.3, -0.25) is 4.40 Å². The van der Waals surface area contributed by atoms with Crippen LogP contribution in [0.3, 0.4) is 0 Å². The van der Waals surface area contributed by atoms with Gasteiger partial charge in [-0.15, -0.1) is 0 Å². The third-order valence-electron chi connectivity index (χ3n) is 3.05. The van der Waals surface area contributed by atoms with Crippen LogP contribution in [0.5, 0.6) is 5.75 Å². The van der Waals surface area contributed by atoms with Gasteiger partial charge in [-0.05, 0) is 19.1 Å². The number of hydrogen-bond acceptors (Lipinski definition) is 4. The van der Waals surface area contributed by atoms with E-state index in [2.05, 4.69) is 9.97 Å². The van der Waals surface area contributed by atoms with E-state index in [0.717, 1.165) is 22.6 Å². The van der Waals surface area contributed by atoms with Gasteiger partial charge in [0.25, 0.3) is 0 Å². The minimum Gasteiger partial charge on any atom is -0.496 e. The monoisotopic (exact) mass is 254 g/mol. The minimum absolute atomic E-state index is 0.504. The number of nitrogens with two attached hydrogens (primary N) is 1. The van der Waals surface area contributed by atoms with E-state index < -0.39 is 0 Å². The van der Waals surface area contributed by atoms with E-state index in [-0.39, 0.29) is 0 Å². The molecule has 0 spiro atoms. The molecule has 5 nitrogen and oxygen atoms in total. The highest BCUT2D eigenvalue weighted by Gasteiger charge is 2.10. The molecule has 0 radical (unpaired) electrons. The number of benzene rings is 1. The lowest BCUT2D eigenvalue weighted by molar-refractivity contribution is 0.416. The van der Waals surface area contributed by atoms with Gasteiger partial charge in [0.05, 0.1) is 12.8 Å². The Morgan fingerprint density at radius 2 is 1.95 bits per heavy atom. The van der Waals surface area contributed by atoms with Crippen molar-refractivity contribution in [2.75, 3.05) is 12.8 Å². The number of nitrogens with zero attached hydrogens (tertiary/aromatic N) is 3.